The summed E-state index contributed by atoms with van der Waals surface area (Å²) < 4.78 is 27.5. The summed E-state index contributed by atoms with van der Waals surface area (Å²) in [5.41, 5.74) is -0.371. The summed E-state index contributed by atoms with van der Waals surface area (Å²) in [5.74, 6) is -2.16. The zero-order valence-electron chi connectivity index (χ0n) is 10.7. The minimum absolute atomic E-state index is 0.00861. The molecule has 2 aromatic rings. The number of nitrogens with zero attached hydrogens (tertiary/aromatic N) is 1. The summed E-state index contributed by atoms with van der Waals surface area (Å²) in [6, 6.07) is 2.95. The van der Waals surface area contributed by atoms with Crippen molar-refractivity contribution in [3.8, 4) is 11.3 Å². The van der Waals surface area contributed by atoms with Gasteiger partial charge in [0.1, 0.15) is 11.6 Å². The summed E-state index contributed by atoms with van der Waals surface area (Å²) in [6.07, 6.45) is 1.18. The maximum absolute atomic E-state index is 13.7. The van der Waals surface area contributed by atoms with Gasteiger partial charge in [0.05, 0.1) is 29.6 Å². The van der Waals surface area contributed by atoms with Gasteiger partial charge in [-0.2, -0.15) is 5.10 Å². The molecule has 0 aliphatic rings. The predicted octanol–water partition coefficient (Wildman–Crippen LogP) is 1.47. The Kier molecular flexibility index (Phi) is 4.09. The molecule has 7 heteroatoms. The lowest BCUT2D eigenvalue weighted by molar-refractivity contribution is 0.0923. The van der Waals surface area contributed by atoms with Gasteiger partial charge in [-0.25, -0.2) is 8.78 Å². The molecular weight excluding hydrogens is 268 g/mol. The van der Waals surface area contributed by atoms with Crippen LogP contribution in [0.2, 0.25) is 0 Å². The van der Waals surface area contributed by atoms with Crippen molar-refractivity contribution in [3.63, 3.8) is 0 Å². The summed E-state index contributed by atoms with van der Waals surface area (Å²) in [7, 11) is 0. The number of halogens is 2. The van der Waals surface area contributed by atoms with E-state index < -0.39 is 23.6 Å². The van der Waals surface area contributed by atoms with Gasteiger partial charge in [-0.05, 0) is 19.1 Å². The highest BCUT2D eigenvalue weighted by Crippen LogP contribution is 2.26. The fourth-order valence-corrected chi connectivity index (χ4v) is 1.73. The number of amides is 1. The lowest BCUT2D eigenvalue weighted by atomic mass is 10.1. The van der Waals surface area contributed by atoms with Crippen molar-refractivity contribution in [1.29, 1.82) is 0 Å². The Bertz CT molecular complexity index is 608. The van der Waals surface area contributed by atoms with E-state index in [0.717, 1.165) is 12.1 Å². The Balaban J connectivity index is 2.41. The number of carbonyl (C=O) groups excluding carboxylic acids is 1. The van der Waals surface area contributed by atoms with E-state index in [2.05, 4.69) is 15.5 Å². The molecule has 0 bridgehead atoms. The zero-order valence-corrected chi connectivity index (χ0v) is 10.7. The lowest BCUT2D eigenvalue weighted by Crippen LogP contribution is -2.35. The first kappa shape index (κ1) is 14.1. The van der Waals surface area contributed by atoms with Crippen molar-refractivity contribution >= 4 is 5.91 Å². The molecule has 5 nitrogen and oxygen atoms in total. The van der Waals surface area contributed by atoms with Crippen LogP contribution in [0.4, 0.5) is 8.78 Å². The standard InChI is InChI=1S/C13H13F2N3O2/c1-7(6-19)17-13(20)8-5-16-18-12(8)11-9(14)3-2-4-10(11)15/h2-5,7,19H,6H2,1H3,(H,16,18)(H,17,20). The third-order valence-corrected chi connectivity index (χ3v) is 2.75. The summed E-state index contributed by atoms with van der Waals surface area (Å²) >= 11 is 0. The van der Waals surface area contributed by atoms with Gasteiger partial charge in [0.15, 0.2) is 0 Å². The SMILES string of the molecule is CC(CO)NC(=O)c1cn[nH]c1-c1c(F)cccc1F. The van der Waals surface area contributed by atoms with Crippen molar-refractivity contribution in [1.82, 2.24) is 15.5 Å². The first-order valence-electron chi connectivity index (χ1n) is 5.94. The lowest BCUT2D eigenvalue weighted by Gasteiger charge is -2.11. The average Bonchev–Trinajstić information content (AvgIpc) is 2.87. The number of aromatic nitrogens is 2. The predicted molar refractivity (Wildman–Crippen MR) is 68.0 cm³/mol. The molecule has 2 rings (SSSR count). The minimum Gasteiger partial charge on any atom is -0.394 e. The Hall–Kier alpha value is -2.28. The van der Waals surface area contributed by atoms with E-state index in [1.807, 2.05) is 0 Å². The Morgan fingerprint density at radius 2 is 2.10 bits per heavy atom. The number of hydrogen-bond donors (Lipinski definition) is 3. The van der Waals surface area contributed by atoms with Crippen LogP contribution < -0.4 is 5.32 Å². The molecule has 0 spiro atoms. The van der Waals surface area contributed by atoms with Gasteiger partial charge < -0.3 is 10.4 Å². The Morgan fingerprint density at radius 3 is 2.70 bits per heavy atom. The second kappa shape index (κ2) is 5.79. The maximum Gasteiger partial charge on any atom is 0.255 e. The third-order valence-electron chi connectivity index (χ3n) is 2.75. The van der Waals surface area contributed by atoms with E-state index in [1.165, 1.54) is 12.3 Å². The summed E-state index contributed by atoms with van der Waals surface area (Å²) in [6.45, 7) is 1.36. The van der Waals surface area contributed by atoms with E-state index in [-0.39, 0.29) is 23.4 Å². The van der Waals surface area contributed by atoms with Crippen molar-refractivity contribution in [3.05, 3.63) is 41.6 Å². The highest BCUT2D eigenvalue weighted by Gasteiger charge is 2.21. The molecule has 0 aliphatic heterocycles. The molecule has 1 atom stereocenters. The number of aliphatic hydroxyl groups is 1. The number of rotatable bonds is 4. The fourth-order valence-electron chi connectivity index (χ4n) is 1.73. The third kappa shape index (κ3) is 2.67. The van der Waals surface area contributed by atoms with Crippen LogP contribution in [0.1, 0.15) is 17.3 Å². The van der Waals surface area contributed by atoms with Crippen LogP contribution in [0.25, 0.3) is 11.3 Å². The monoisotopic (exact) mass is 281 g/mol. The van der Waals surface area contributed by atoms with Gasteiger partial charge >= 0.3 is 0 Å². The number of nitrogens with one attached hydrogen (secondary N) is 2. The number of H-pyrrole nitrogens is 1. The number of aliphatic hydroxyl groups excluding tert-OH is 1. The quantitative estimate of drug-likeness (QED) is 0.794. The maximum atomic E-state index is 13.7. The van der Waals surface area contributed by atoms with Crippen LogP contribution in [0, 0.1) is 11.6 Å². The zero-order chi connectivity index (χ0) is 14.7. The first-order chi connectivity index (χ1) is 9.54. The fraction of sp³-hybridized carbons (Fsp3) is 0.231. The van der Waals surface area contributed by atoms with E-state index >= 15 is 0 Å². The molecule has 0 aliphatic carbocycles. The molecule has 1 unspecified atom stereocenters. The Labute approximate surface area is 113 Å². The van der Waals surface area contributed by atoms with E-state index in [0.29, 0.717) is 0 Å². The van der Waals surface area contributed by atoms with Crippen LogP contribution in [-0.2, 0) is 0 Å². The highest BCUT2D eigenvalue weighted by molar-refractivity contribution is 6.00. The minimum atomic E-state index is -0.793. The van der Waals surface area contributed by atoms with Crippen LogP contribution in [-0.4, -0.2) is 33.9 Å². The molecule has 106 valence electrons. The van der Waals surface area contributed by atoms with E-state index in [4.69, 9.17) is 5.11 Å². The van der Waals surface area contributed by atoms with Gasteiger partial charge in [-0.3, -0.25) is 9.89 Å². The number of benzene rings is 1. The van der Waals surface area contributed by atoms with E-state index in [9.17, 15) is 13.6 Å². The first-order valence-corrected chi connectivity index (χ1v) is 5.94. The van der Waals surface area contributed by atoms with Crippen LogP contribution in [0.5, 0.6) is 0 Å². The molecule has 20 heavy (non-hydrogen) atoms. The molecule has 0 fully saturated rings. The van der Waals surface area contributed by atoms with Crippen molar-refractivity contribution in [2.24, 2.45) is 0 Å². The van der Waals surface area contributed by atoms with Gasteiger partial charge in [-0.15, -0.1) is 0 Å². The Morgan fingerprint density at radius 1 is 1.45 bits per heavy atom. The molecule has 1 heterocycles. The molecule has 3 N–H and O–H groups in total. The highest BCUT2D eigenvalue weighted by atomic mass is 19.1. The van der Waals surface area contributed by atoms with Crippen molar-refractivity contribution < 1.29 is 18.7 Å². The summed E-state index contributed by atoms with van der Waals surface area (Å²) in [4.78, 5) is 12.0. The van der Waals surface area contributed by atoms with Gasteiger partial charge in [-0.1, -0.05) is 6.07 Å². The largest absolute Gasteiger partial charge is 0.394 e. The molecule has 1 aromatic heterocycles. The molecule has 1 amide bonds. The smallest absolute Gasteiger partial charge is 0.255 e. The molecule has 1 aromatic carbocycles. The van der Waals surface area contributed by atoms with E-state index in [1.54, 1.807) is 6.92 Å². The molecule has 0 saturated heterocycles. The van der Waals surface area contributed by atoms with Gasteiger partial charge in [0.2, 0.25) is 0 Å². The number of carbonyl (C=O) groups is 1. The van der Waals surface area contributed by atoms with Gasteiger partial charge in [0.25, 0.3) is 5.91 Å². The number of aromatic amines is 1. The van der Waals surface area contributed by atoms with Gasteiger partial charge in [0, 0.05) is 6.04 Å². The van der Waals surface area contributed by atoms with Crippen molar-refractivity contribution in [2.75, 3.05) is 6.61 Å². The molecule has 0 saturated carbocycles. The molecule has 0 radical (unpaired) electrons. The second-order valence-corrected chi connectivity index (χ2v) is 4.31. The molecular formula is C13H13F2N3O2. The van der Waals surface area contributed by atoms with Crippen LogP contribution >= 0.6 is 0 Å². The van der Waals surface area contributed by atoms with Crippen LogP contribution in [0.15, 0.2) is 24.4 Å². The second-order valence-electron chi connectivity index (χ2n) is 4.31. The number of hydrogen-bond acceptors (Lipinski definition) is 3. The van der Waals surface area contributed by atoms with Crippen LogP contribution in [0.3, 0.4) is 0 Å². The topological polar surface area (TPSA) is 78.0 Å². The average molecular weight is 281 g/mol. The van der Waals surface area contributed by atoms with Crippen molar-refractivity contribution in [2.45, 2.75) is 13.0 Å². The summed E-state index contributed by atoms with van der Waals surface area (Å²) in [5, 5.41) is 17.5. The normalized spacial score (nSPS) is 12.2.